The lowest BCUT2D eigenvalue weighted by Crippen LogP contribution is -2.25. The van der Waals surface area contributed by atoms with Crippen LogP contribution >= 0.6 is 15.9 Å². The van der Waals surface area contributed by atoms with Crippen molar-refractivity contribution in [1.29, 1.82) is 0 Å². The highest BCUT2D eigenvalue weighted by Gasteiger charge is 2.19. The smallest absolute Gasteiger partial charge is 0.242 e. The summed E-state index contributed by atoms with van der Waals surface area (Å²) in [6.45, 7) is 2.44. The second-order valence-corrected chi connectivity index (χ2v) is 6.85. The van der Waals surface area contributed by atoms with E-state index in [-0.39, 0.29) is 15.1 Å². The predicted molar refractivity (Wildman–Crippen MR) is 77.8 cm³/mol. The molecule has 0 spiro atoms. The third-order valence-electron chi connectivity index (χ3n) is 2.66. The fourth-order valence-corrected chi connectivity index (χ4v) is 3.32. The highest BCUT2D eigenvalue weighted by atomic mass is 79.9. The molecule has 0 unspecified atom stereocenters. The van der Waals surface area contributed by atoms with Gasteiger partial charge in [-0.25, -0.2) is 17.5 Å². The SMILES string of the molecule is CCCCCCNS(=O)(=O)c1cc(Br)c(F)cc1N. The van der Waals surface area contributed by atoms with Gasteiger partial charge in [-0.2, -0.15) is 0 Å². The summed E-state index contributed by atoms with van der Waals surface area (Å²) >= 11 is 2.95. The molecule has 0 fully saturated rings. The van der Waals surface area contributed by atoms with Crippen LogP contribution in [0.3, 0.4) is 0 Å². The lowest BCUT2D eigenvalue weighted by molar-refractivity contribution is 0.573. The standard InChI is InChI=1S/C12H18BrFN2O2S/c1-2-3-4-5-6-16-19(17,18)12-7-9(13)10(14)8-11(12)15/h7-8,16H,2-6,15H2,1H3. The zero-order chi connectivity index (χ0) is 14.5. The van der Waals surface area contributed by atoms with Gasteiger partial charge < -0.3 is 5.73 Å². The number of nitrogens with one attached hydrogen (secondary N) is 1. The van der Waals surface area contributed by atoms with Crippen LogP contribution in [0.25, 0.3) is 0 Å². The first-order valence-corrected chi connectivity index (χ1v) is 8.40. The molecule has 4 nitrogen and oxygen atoms in total. The van der Waals surface area contributed by atoms with E-state index in [1.54, 1.807) is 0 Å². The van der Waals surface area contributed by atoms with E-state index in [9.17, 15) is 12.8 Å². The quantitative estimate of drug-likeness (QED) is 0.585. The van der Waals surface area contributed by atoms with Crippen LogP contribution in [0.15, 0.2) is 21.5 Å². The van der Waals surface area contributed by atoms with Gasteiger partial charge in [0.1, 0.15) is 10.7 Å². The minimum atomic E-state index is -3.69. The molecule has 0 saturated heterocycles. The molecule has 1 aromatic rings. The second kappa shape index (κ2) is 7.21. The van der Waals surface area contributed by atoms with Gasteiger partial charge in [-0.15, -0.1) is 0 Å². The summed E-state index contributed by atoms with van der Waals surface area (Å²) in [5.41, 5.74) is 5.45. The van der Waals surface area contributed by atoms with E-state index in [0.717, 1.165) is 31.7 Å². The lowest BCUT2D eigenvalue weighted by Gasteiger charge is -2.10. The van der Waals surface area contributed by atoms with Crippen molar-refractivity contribution in [2.75, 3.05) is 12.3 Å². The summed E-state index contributed by atoms with van der Waals surface area (Å²) in [5, 5.41) is 0. The summed E-state index contributed by atoms with van der Waals surface area (Å²) in [5.74, 6) is -0.584. The fraction of sp³-hybridized carbons (Fsp3) is 0.500. The van der Waals surface area contributed by atoms with Crippen molar-refractivity contribution in [2.24, 2.45) is 0 Å². The Labute approximate surface area is 121 Å². The van der Waals surface area contributed by atoms with Crippen molar-refractivity contribution in [2.45, 2.75) is 37.5 Å². The molecule has 1 aromatic carbocycles. The maximum Gasteiger partial charge on any atom is 0.242 e. The molecular formula is C12H18BrFN2O2S. The zero-order valence-electron chi connectivity index (χ0n) is 10.7. The van der Waals surface area contributed by atoms with E-state index >= 15 is 0 Å². The van der Waals surface area contributed by atoms with Crippen LogP contribution in [0.2, 0.25) is 0 Å². The van der Waals surface area contributed by atoms with Crippen LogP contribution in [0, 0.1) is 5.82 Å². The Hall–Kier alpha value is -0.660. The van der Waals surface area contributed by atoms with Crippen LogP contribution in [0.4, 0.5) is 10.1 Å². The maximum absolute atomic E-state index is 13.2. The molecule has 0 saturated carbocycles. The first kappa shape index (κ1) is 16.4. The third kappa shape index (κ3) is 4.74. The molecule has 1 rings (SSSR count). The summed E-state index contributed by atoms with van der Waals surface area (Å²) in [6.07, 6.45) is 3.91. The highest BCUT2D eigenvalue weighted by Crippen LogP contribution is 2.25. The van der Waals surface area contributed by atoms with E-state index < -0.39 is 15.8 Å². The fourth-order valence-electron chi connectivity index (χ4n) is 1.61. The van der Waals surface area contributed by atoms with Crippen LogP contribution in [0.1, 0.15) is 32.6 Å². The Morgan fingerprint density at radius 3 is 2.63 bits per heavy atom. The molecule has 0 aliphatic rings. The van der Waals surface area contributed by atoms with Crippen molar-refractivity contribution < 1.29 is 12.8 Å². The minimum absolute atomic E-state index is 0.0769. The molecule has 19 heavy (non-hydrogen) atoms. The average molecular weight is 353 g/mol. The van der Waals surface area contributed by atoms with E-state index in [4.69, 9.17) is 5.73 Å². The van der Waals surface area contributed by atoms with Crippen molar-refractivity contribution in [1.82, 2.24) is 4.72 Å². The van der Waals surface area contributed by atoms with Crippen molar-refractivity contribution in [3.8, 4) is 0 Å². The molecule has 0 radical (unpaired) electrons. The number of benzene rings is 1. The molecule has 7 heteroatoms. The Morgan fingerprint density at radius 2 is 2.00 bits per heavy atom. The lowest BCUT2D eigenvalue weighted by atomic mass is 10.2. The summed E-state index contributed by atoms with van der Waals surface area (Å²) in [4.78, 5) is -0.101. The minimum Gasteiger partial charge on any atom is -0.398 e. The number of nitrogens with two attached hydrogens (primary N) is 1. The number of rotatable bonds is 7. The molecule has 0 heterocycles. The van der Waals surface area contributed by atoms with Gasteiger partial charge in [0.05, 0.1) is 10.2 Å². The summed E-state index contributed by atoms with van der Waals surface area (Å²) in [7, 11) is -3.69. The molecule has 0 bridgehead atoms. The van der Waals surface area contributed by atoms with Gasteiger partial charge in [-0.3, -0.25) is 0 Å². The van der Waals surface area contributed by atoms with Gasteiger partial charge in [-0.1, -0.05) is 26.2 Å². The number of sulfonamides is 1. The van der Waals surface area contributed by atoms with E-state index in [1.807, 2.05) is 0 Å². The van der Waals surface area contributed by atoms with Gasteiger partial charge in [0.25, 0.3) is 0 Å². The first-order chi connectivity index (χ1) is 8.88. The van der Waals surface area contributed by atoms with Crippen molar-refractivity contribution in [3.63, 3.8) is 0 Å². The van der Waals surface area contributed by atoms with Gasteiger partial charge in [0, 0.05) is 6.54 Å². The normalized spacial score (nSPS) is 11.7. The number of hydrogen-bond acceptors (Lipinski definition) is 3. The molecule has 0 aliphatic heterocycles. The van der Waals surface area contributed by atoms with Gasteiger partial charge >= 0.3 is 0 Å². The van der Waals surface area contributed by atoms with E-state index in [1.165, 1.54) is 6.07 Å². The Kier molecular flexibility index (Phi) is 6.22. The second-order valence-electron chi connectivity index (χ2n) is 4.26. The van der Waals surface area contributed by atoms with Crippen LogP contribution in [-0.4, -0.2) is 15.0 Å². The van der Waals surface area contributed by atoms with Crippen LogP contribution in [-0.2, 0) is 10.0 Å². The molecular weight excluding hydrogens is 335 g/mol. The molecule has 0 aromatic heterocycles. The number of anilines is 1. The maximum atomic E-state index is 13.2. The molecule has 0 amide bonds. The monoisotopic (exact) mass is 352 g/mol. The number of nitrogen functional groups attached to an aromatic ring is 1. The van der Waals surface area contributed by atoms with Crippen molar-refractivity contribution >= 4 is 31.6 Å². The highest BCUT2D eigenvalue weighted by molar-refractivity contribution is 9.10. The largest absolute Gasteiger partial charge is 0.398 e. The van der Waals surface area contributed by atoms with Crippen LogP contribution < -0.4 is 10.5 Å². The van der Waals surface area contributed by atoms with Gasteiger partial charge in [0.15, 0.2) is 0 Å². The number of halogens is 2. The zero-order valence-corrected chi connectivity index (χ0v) is 13.2. The first-order valence-electron chi connectivity index (χ1n) is 6.12. The predicted octanol–water partition coefficient (Wildman–Crippen LogP) is 3.03. The third-order valence-corrected chi connectivity index (χ3v) is 4.79. The average Bonchev–Trinajstić information content (AvgIpc) is 2.33. The molecule has 0 atom stereocenters. The van der Waals surface area contributed by atoms with E-state index in [0.29, 0.717) is 6.54 Å². The Balaban J connectivity index is 2.75. The number of hydrogen-bond donors (Lipinski definition) is 2. The Morgan fingerprint density at radius 1 is 1.32 bits per heavy atom. The van der Waals surface area contributed by atoms with Crippen molar-refractivity contribution in [3.05, 3.63) is 22.4 Å². The van der Waals surface area contributed by atoms with Gasteiger partial charge in [0.2, 0.25) is 10.0 Å². The van der Waals surface area contributed by atoms with E-state index in [2.05, 4.69) is 27.6 Å². The van der Waals surface area contributed by atoms with Gasteiger partial charge in [-0.05, 0) is 34.5 Å². The summed E-state index contributed by atoms with van der Waals surface area (Å²) in [6, 6.07) is 2.18. The molecule has 3 N–H and O–H groups in total. The Bertz CT molecular complexity index is 535. The molecule has 0 aliphatic carbocycles. The number of unbranched alkanes of at least 4 members (excludes halogenated alkanes) is 3. The van der Waals surface area contributed by atoms with Crippen LogP contribution in [0.5, 0.6) is 0 Å². The topological polar surface area (TPSA) is 72.2 Å². The summed E-state index contributed by atoms with van der Waals surface area (Å²) < 4.78 is 39.8. The molecule has 108 valence electrons.